The summed E-state index contributed by atoms with van der Waals surface area (Å²) in [5.74, 6) is -0.699. The summed E-state index contributed by atoms with van der Waals surface area (Å²) in [6, 6.07) is 9.72. The largest absolute Gasteiger partial charge is 0.487 e. The average Bonchev–Trinajstić information content (AvgIpc) is 2.54. The zero-order chi connectivity index (χ0) is 16.8. The monoisotopic (exact) mass is 318 g/mol. The lowest BCUT2D eigenvalue weighted by atomic mass is 10.1. The van der Waals surface area contributed by atoms with E-state index in [4.69, 9.17) is 4.74 Å². The first-order chi connectivity index (χ1) is 11.0. The number of ether oxygens (including phenoxy) is 1. The first kappa shape index (κ1) is 16.4. The van der Waals surface area contributed by atoms with E-state index in [9.17, 15) is 19.3 Å². The zero-order valence-electron chi connectivity index (χ0n) is 12.4. The Kier molecular flexibility index (Phi) is 5.24. The lowest BCUT2D eigenvalue weighted by Crippen LogP contribution is -2.22. The van der Waals surface area contributed by atoms with Gasteiger partial charge in [0.05, 0.1) is 11.5 Å². The summed E-state index contributed by atoms with van der Waals surface area (Å²) in [6.07, 6.45) is 0. The van der Waals surface area contributed by atoms with Gasteiger partial charge >= 0.3 is 5.69 Å². The highest BCUT2D eigenvalue weighted by Crippen LogP contribution is 2.27. The van der Waals surface area contributed by atoms with Crippen LogP contribution in [0.15, 0.2) is 42.5 Å². The molecule has 0 aliphatic rings. The number of nitrogens with one attached hydrogen (secondary N) is 1. The van der Waals surface area contributed by atoms with Crippen molar-refractivity contribution in [1.29, 1.82) is 0 Å². The summed E-state index contributed by atoms with van der Waals surface area (Å²) < 4.78 is 18.0. The van der Waals surface area contributed by atoms with Gasteiger partial charge < -0.3 is 10.1 Å². The number of nitrogens with zero attached hydrogens (tertiary/aromatic N) is 1. The van der Waals surface area contributed by atoms with Crippen molar-refractivity contribution in [1.82, 2.24) is 5.32 Å². The molecule has 6 nitrogen and oxygen atoms in total. The van der Waals surface area contributed by atoms with Crippen molar-refractivity contribution in [3.8, 4) is 5.75 Å². The van der Waals surface area contributed by atoms with E-state index in [1.54, 1.807) is 19.1 Å². The number of hydrogen-bond acceptors (Lipinski definition) is 4. The van der Waals surface area contributed by atoms with Crippen molar-refractivity contribution in [3.05, 3.63) is 69.5 Å². The molecule has 0 aliphatic heterocycles. The van der Waals surface area contributed by atoms with Crippen molar-refractivity contribution in [2.45, 2.75) is 13.5 Å². The van der Waals surface area contributed by atoms with E-state index in [1.807, 2.05) is 0 Å². The van der Waals surface area contributed by atoms with Crippen LogP contribution in [0.1, 0.15) is 22.8 Å². The normalized spacial score (nSPS) is 10.2. The molecule has 2 rings (SSSR count). The highest BCUT2D eigenvalue weighted by Gasteiger charge is 2.18. The molecule has 0 heterocycles. The van der Waals surface area contributed by atoms with E-state index in [1.165, 1.54) is 30.3 Å². The number of halogens is 1. The van der Waals surface area contributed by atoms with Gasteiger partial charge in [-0.05, 0) is 36.8 Å². The minimum Gasteiger partial charge on any atom is -0.487 e. The smallest absolute Gasteiger partial charge is 0.311 e. The molecule has 0 fully saturated rings. The van der Waals surface area contributed by atoms with Crippen molar-refractivity contribution in [3.63, 3.8) is 0 Å². The van der Waals surface area contributed by atoms with E-state index >= 15 is 0 Å². The Labute approximate surface area is 132 Å². The summed E-state index contributed by atoms with van der Waals surface area (Å²) in [7, 11) is 0. The third-order valence-electron chi connectivity index (χ3n) is 3.08. The topological polar surface area (TPSA) is 81.5 Å². The molecule has 1 N–H and O–H groups in total. The van der Waals surface area contributed by atoms with Crippen LogP contribution in [0.5, 0.6) is 5.75 Å². The third kappa shape index (κ3) is 4.26. The van der Waals surface area contributed by atoms with Crippen LogP contribution in [0, 0.1) is 15.9 Å². The molecule has 0 saturated heterocycles. The number of carbonyl (C=O) groups excluding carboxylic acids is 1. The van der Waals surface area contributed by atoms with Gasteiger partial charge in [-0.3, -0.25) is 14.9 Å². The Bertz CT molecular complexity index is 717. The van der Waals surface area contributed by atoms with Crippen LogP contribution in [0.4, 0.5) is 10.1 Å². The molecule has 2 aromatic carbocycles. The van der Waals surface area contributed by atoms with Gasteiger partial charge in [0.15, 0.2) is 5.75 Å². The number of amides is 1. The highest BCUT2D eigenvalue weighted by atomic mass is 19.1. The van der Waals surface area contributed by atoms with Crippen LogP contribution >= 0.6 is 0 Å². The van der Waals surface area contributed by atoms with E-state index in [0.717, 1.165) is 5.56 Å². The molecule has 0 saturated carbocycles. The van der Waals surface area contributed by atoms with Crippen molar-refractivity contribution >= 4 is 11.6 Å². The highest BCUT2D eigenvalue weighted by molar-refractivity contribution is 5.95. The number of nitro benzene ring substituents is 1. The van der Waals surface area contributed by atoms with Gasteiger partial charge in [0.1, 0.15) is 5.82 Å². The predicted molar refractivity (Wildman–Crippen MR) is 81.8 cm³/mol. The van der Waals surface area contributed by atoms with E-state index < -0.39 is 10.8 Å². The molecule has 0 aliphatic carbocycles. The van der Waals surface area contributed by atoms with Crippen LogP contribution in [0.25, 0.3) is 0 Å². The standard InChI is InChI=1S/C16H15FN2O4/c1-2-23-15-8-5-12(9-14(15)19(21)22)16(20)18-10-11-3-6-13(17)7-4-11/h3-9H,2,10H2,1H3,(H,18,20). The van der Waals surface area contributed by atoms with Crippen LogP contribution in [0.2, 0.25) is 0 Å². The SMILES string of the molecule is CCOc1ccc(C(=O)NCc2ccc(F)cc2)cc1[N+](=O)[O-]. The Morgan fingerprint density at radius 3 is 2.57 bits per heavy atom. The predicted octanol–water partition coefficient (Wildman–Crippen LogP) is 3.06. The third-order valence-corrected chi connectivity index (χ3v) is 3.08. The minimum atomic E-state index is -0.595. The van der Waals surface area contributed by atoms with Gasteiger partial charge in [-0.25, -0.2) is 4.39 Å². The second-order valence-corrected chi connectivity index (χ2v) is 4.68. The fourth-order valence-corrected chi connectivity index (χ4v) is 1.97. The Balaban J connectivity index is 2.11. The molecule has 0 radical (unpaired) electrons. The molecule has 120 valence electrons. The second-order valence-electron chi connectivity index (χ2n) is 4.68. The van der Waals surface area contributed by atoms with Crippen LogP contribution < -0.4 is 10.1 Å². The van der Waals surface area contributed by atoms with Gasteiger partial charge in [0.2, 0.25) is 0 Å². The first-order valence-electron chi connectivity index (χ1n) is 6.95. The second kappa shape index (κ2) is 7.35. The number of nitro groups is 1. The van der Waals surface area contributed by atoms with Crippen molar-refractivity contribution in [2.24, 2.45) is 0 Å². The molecule has 23 heavy (non-hydrogen) atoms. The Morgan fingerprint density at radius 1 is 1.26 bits per heavy atom. The fraction of sp³-hybridized carbons (Fsp3) is 0.188. The summed E-state index contributed by atoms with van der Waals surface area (Å²) in [5.41, 5.74) is 0.615. The Morgan fingerprint density at radius 2 is 1.96 bits per heavy atom. The van der Waals surface area contributed by atoms with Gasteiger partial charge in [0.25, 0.3) is 5.91 Å². The summed E-state index contributed by atoms with van der Waals surface area (Å²) >= 11 is 0. The maximum atomic E-state index is 12.8. The molecule has 0 unspecified atom stereocenters. The minimum absolute atomic E-state index is 0.118. The van der Waals surface area contributed by atoms with Gasteiger partial charge in [-0.2, -0.15) is 0 Å². The lowest BCUT2D eigenvalue weighted by Gasteiger charge is -2.08. The maximum absolute atomic E-state index is 12.8. The molecular formula is C16H15FN2O4. The van der Waals surface area contributed by atoms with E-state index in [2.05, 4.69) is 5.32 Å². The lowest BCUT2D eigenvalue weighted by molar-refractivity contribution is -0.385. The molecule has 0 bridgehead atoms. The van der Waals surface area contributed by atoms with Crippen molar-refractivity contribution in [2.75, 3.05) is 6.61 Å². The van der Waals surface area contributed by atoms with Crippen molar-refractivity contribution < 1.29 is 18.8 Å². The van der Waals surface area contributed by atoms with Gasteiger partial charge in [0, 0.05) is 18.2 Å². The van der Waals surface area contributed by atoms with E-state index in [0.29, 0.717) is 0 Å². The molecule has 0 atom stereocenters. The Hall–Kier alpha value is -2.96. The van der Waals surface area contributed by atoms with Crippen LogP contribution in [-0.2, 0) is 6.54 Å². The quantitative estimate of drug-likeness (QED) is 0.655. The fourth-order valence-electron chi connectivity index (χ4n) is 1.97. The van der Waals surface area contributed by atoms with Gasteiger partial charge in [-0.15, -0.1) is 0 Å². The molecule has 2 aromatic rings. The first-order valence-corrected chi connectivity index (χ1v) is 6.95. The summed E-state index contributed by atoms with van der Waals surface area (Å²) in [5, 5.41) is 13.7. The van der Waals surface area contributed by atoms with Crippen LogP contribution in [-0.4, -0.2) is 17.4 Å². The average molecular weight is 318 g/mol. The molecule has 0 spiro atoms. The van der Waals surface area contributed by atoms with E-state index in [-0.39, 0.29) is 36.0 Å². The number of benzene rings is 2. The number of hydrogen-bond donors (Lipinski definition) is 1. The summed E-state index contributed by atoms with van der Waals surface area (Å²) in [4.78, 5) is 22.5. The van der Waals surface area contributed by atoms with Gasteiger partial charge in [-0.1, -0.05) is 12.1 Å². The molecule has 0 aromatic heterocycles. The van der Waals surface area contributed by atoms with Crippen LogP contribution in [0.3, 0.4) is 0 Å². The molecule has 1 amide bonds. The summed E-state index contributed by atoms with van der Waals surface area (Å²) in [6.45, 7) is 2.20. The number of carbonyl (C=O) groups is 1. The maximum Gasteiger partial charge on any atom is 0.311 e. The molecular weight excluding hydrogens is 303 g/mol. The molecule has 7 heteroatoms. The zero-order valence-corrected chi connectivity index (χ0v) is 12.4. The number of rotatable bonds is 6.